The molecule has 0 bridgehead atoms. The number of fused-ring (bicyclic) bond motifs is 1. The number of likely N-dealkylation sites (tertiary alicyclic amines) is 1. The quantitative estimate of drug-likeness (QED) is 0.393. The van der Waals surface area contributed by atoms with Crippen LogP contribution < -0.4 is 4.90 Å². The summed E-state index contributed by atoms with van der Waals surface area (Å²) < 4.78 is 14.2. The molecule has 1 atom stereocenters. The van der Waals surface area contributed by atoms with Gasteiger partial charge in [0, 0.05) is 41.3 Å². The fraction of sp³-hybridized carbons (Fsp3) is 0.346. The predicted octanol–water partition coefficient (Wildman–Crippen LogP) is 6.34. The second kappa shape index (κ2) is 9.51. The second-order valence-electron chi connectivity index (χ2n) is 8.87. The number of rotatable bonds is 4. The summed E-state index contributed by atoms with van der Waals surface area (Å²) in [7, 11) is 0. The largest absolute Gasteiger partial charge is 0.363 e. The van der Waals surface area contributed by atoms with E-state index in [4.69, 9.17) is 23.2 Å². The third-order valence-corrected chi connectivity index (χ3v) is 7.47. The van der Waals surface area contributed by atoms with Gasteiger partial charge in [-0.3, -0.25) is 4.79 Å². The van der Waals surface area contributed by atoms with Crippen LogP contribution in [0.3, 0.4) is 0 Å². The van der Waals surface area contributed by atoms with Crippen LogP contribution >= 0.6 is 23.2 Å². The lowest BCUT2D eigenvalue weighted by atomic mass is 9.99. The molecule has 34 heavy (non-hydrogen) atoms. The minimum absolute atomic E-state index is 0.0487. The van der Waals surface area contributed by atoms with Gasteiger partial charge in [-0.05, 0) is 62.9 Å². The van der Waals surface area contributed by atoms with E-state index >= 15 is 0 Å². The highest BCUT2D eigenvalue weighted by atomic mass is 35.5. The van der Waals surface area contributed by atoms with Gasteiger partial charge in [0.1, 0.15) is 5.82 Å². The van der Waals surface area contributed by atoms with Gasteiger partial charge in [0.25, 0.3) is 5.91 Å². The number of nitrogens with zero attached hydrogens (tertiary/aromatic N) is 4. The average molecular weight is 499 g/mol. The second-order valence-corrected chi connectivity index (χ2v) is 9.65. The first kappa shape index (κ1) is 23.1. The van der Waals surface area contributed by atoms with Crippen LogP contribution in [0.15, 0.2) is 42.5 Å². The summed E-state index contributed by atoms with van der Waals surface area (Å²) in [6, 6.07) is 12.1. The molecule has 0 spiro atoms. The highest BCUT2D eigenvalue weighted by Crippen LogP contribution is 2.40. The summed E-state index contributed by atoms with van der Waals surface area (Å²) in [5.41, 5.74) is 4.69. The Labute approximate surface area is 208 Å². The van der Waals surface area contributed by atoms with Gasteiger partial charge >= 0.3 is 0 Å². The molecule has 2 aromatic carbocycles. The van der Waals surface area contributed by atoms with Gasteiger partial charge < -0.3 is 9.80 Å². The van der Waals surface area contributed by atoms with Gasteiger partial charge in [-0.15, -0.1) is 0 Å². The molecule has 1 fully saturated rings. The number of halogens is 3. The Morgan fingerprint density at radius 2 is 1.74 bits per heavy atom. The summed E-state index contributed by atoms with van der Waals surface area (Å²) in [5.74, 6) is -0.410. The van der Waals surface area contributed by atoms with Crippen LogP contribution in [0, 0.1) is 5.82 Å². The Morgan fingerprint density at radius 3 is 2.47 bits per heavy atom. The van der Waals surface area contributed by atoms with Gasteiger partial charge in [0.2, 0.25) is 0 Å². The Hall–Kier alpha value is -2.70. The molecule has 2 aliphatic heterocycles. The first-order valence-electron chi connectivity index (χ1n) is 11.6. The van der Waals surface area contributed by atoms with Crippen molar-refractivity contribution in [1.82, 2.24) is 15.1 Å². The predicted molar refractivity (Wildman–Crippen MR) is 133 cm³/mol. The molecular formula is C26H25Cl2FN4O. The molecule has 1 saturated heterocycles. The summed E-state index contributed by atoms with van der Waals surface area (Å²) in [6.45, 7) is 4.39. The molecule has 0 aliphatic carbocycles. The Morgan fingerprint density at radius 1 is 1.00 bits per heavy atom. The maximum Gasteiger partial charge on any atom is 0.253 e. The maximum absolute atomic E-state index is 14.2. The van der Waals surface area contributed by atoms with Crippen molar-refractivity contribution < 1.29 is 9.18 Å². The number of aryl methyl sites for hydroxylation is 1. The van der Waals surface area contributed by atoms with Crippen LogP contribution in [0.5, 0.6) is 0 Å². The molecule has 1 aromatic heterocycles. The van der Waals surface area contributed by atoms with Crippen LogP contribution in [0.4, 0.5) is 10.1 Å². The number of hydrogen-bond acceptors (Lipinski definition) is 4. The lowest BCUT2D eigenvalue weighted by Gasteiger charge is -2.36. The van der Waals surface area contributed by atoms with E-state index in [1.165, 1.54) is 6.07 Å². The fourth-order valence-corrected chi connectivity index (χ4v) is 5.57. The van der Waals surface area contributed by atoms with Crippen LogP contribution in [0.1, 0.15) is 53.8 Å². The first-order valence-corrected chi connectivity index (χ1v) is 12.4. The normalized spacial score (nSPS) is 16.5. The Bertz CT molecular complexity index is 1230. The lowest BCUT2D eigenvalue weighted by Crippen LogP contribution is -2.33. The lowest BCUT2D eigenvalue weighted by molar-refractivity contribution is 0.0793. The van der Waals surface area contributed by atoms with Crippen molar-refractivity contribution in [3.05, 3.63) is 75.1 Å². The molecular weight excluding hydrogens is 474 g/mol. The average Bonchev–Trinajstić information content (AvgIpc) is 3.40. The standard InChI is InChI=1S/C26H25Cl2FN4O/c1-16(24-19(27)10-11-20(29)25(24)28)33-14-4-5-21-23(33)15-22(31-30-21)17-6-8-18(9-7-17)26(34)32-12-2-3-13-32/h6-11,15-16H,2-5,12-14H2,1H3/t16-/m1/s1. The minimum atomic E-state index is -0.484. The summed E-state index contributed by atoms with van der Waals surface area (Å²) >= 11 is 12.7. The molecule has 3 aromatic rings. The zero-order valence-electron chi connectivity index (χ0n) is 18.9. The SMILES string of the molecule is C[C@H](c1c(Cl)ccc(F)c1Cl)N1CCCc2nnc(-c3ccc(C(=O)N4CCCC4)cc3)cc21. The molecule has 1 amide bonds. The van der Waals surface area contributed by atoms with Crippen LogP contribution in [-0.4, -0.2) is 40.6 Å². The third-order valence-electron chi connectivity index (χ3n) is 6.76. The van der Waals surface area contributed by atoms with Crippen molar-refractivity contribution in [2.24, 2.45) is 0 Å². The van der Waals surface area contributed by atoms with E-state index in [0.717, 1.165) is 68.0 Å². The van der Waals surface area contributed by atoms with Crippen molar-refractivity contribution >= 4 is 34.8 Å². The minimum Gasteiger partial charge on any atom is -0.363 e. The number of anilines is 1. The van der Waals surface area contributed by atoms with Crippen LogP contribution in [0.2, 0.25) is 10.0 Å². The highest BCUT2D eigenvalue weighted by Gasteiger charge is 2.28. The van der Waals surface area contributed by atoms with E-state index in [0.29, 0.717) is 16.1 Å². The monoisotopic (exact) mass is 498 g/mol. The summed E-state index contributed by atoms with van der Waals surface area (Å²) in [5, 5.41) is 9.43. The molecule has 5 nitrogen and oxygen atoms in total. The number of aromatic nitrogens is 2. The van der Waals surface area contributed by atoms with E-state index in [9.17, 15) is 9.18 Å². The van der Waals surface area contributed by atoms with Gasteiger partial charge in [0.05, 0.1) is 28.1 Å². The van der Waals surface area contributed by atoms with E-state index in [-0.39, 0.29) is 17.0 Å². The number of amides is 1. The van der Waals surface area contributed by atoms with Crippen molar-refractivity contribution in [3.63, 3.8) is 0 Å². The van der Waals surface area contributed by atoms with E-state index in [1.807, 2.05) is 42.2 Å². The van der Waals surface area contributed by atoms with Gasteiger partial charge in [-0.25, -0.2) is 4.39 Å². The van der Waals surface area contributed by atoms with Crippen molar-refractivity contribution in [2.75, 3.05) is 24.5 Å². The molecule has 0 saturated carbocycles. The van der Waals surface area contributed by atoms with E-state index in [1.54, 1.807) is 6.07 Å². The molecule has 2 aliphatic rings. The molecule has 0 unspecified atom stereocenters. The molecule has 176 valence electrons. The zero-order chi connectivity index (χ0) is 23.8. The smallest absolute Gasteiger partial charge is 0.253 e. The van der Waals surface area contributed by atoms with E-state index < -0.39 is 5.82 Å². The van der Waals surface area contributed by atoms with Crippen molar-refractivity contribution in [2.45, 2.75) is 38.6 Å². The van der Waals surface area contributed by atoms with Crippen molar-refractivity contribution in [3.8, 4) is 11.3 Å². The summed E-state index contributed by atoms with van der Waals surface area (Å²) in [4.78, 5) is 16.7. The molecule has 0 radical (unpaired) electrons. The Kier molecular flexibility index (Phi) is 6.45. The molecule has 3 heterocycles. The molecule has 5 rings (SSSR count). The van der Waals surface area contributed by atoms with Crippen LogP contribution in [-0.2, 0) is 6.42 Å². The summed E-state index contributed by atoms with van der Waals surface area (Å²) in [6.07, 6.45) is 3.86. The van der Waals surface area contributed by atoms with Gasteiger partial charge in [-0.1, -0.05) is 35.3 Å². The number of carbonyl (C=O) groups excluding carboxylic acids is 1. The fourth-order valence-electron chi connectivity index (χ4n) is 4.88. The third kappa shape index (κ3) is 4.25. The molecule has 8 heteroatoms. The van der Waals surface area contributed by atoms with E-state index in [2.05, 4.69) is 15.1 Å². The number of carbonyl (C=O) groups is 1. The number of hydrogen-bond donors (Lipinski definition) is 0. The van der Waals surface area contributed by atoms with Gasteiger partial charge in [-0.2, -0.15) is 10.2 Å². The number of benzene rings is 2. The van der Waals surface area contributed by atoms with Crippen molar-refractivity contribution in [1.29, 1.82) is 0 Å². The zero-order valence-corrected chi connectivity index (χ0v) is 20.4. The van der Waals surface area contributed by atoms with Crippen LogP contribution in [0.25, 0.3) is 11.3 Å². The molecule has 0 N–H and O–H groups in total. The maximum atomic E-state index is 14.2. The topological polar surface area (TPSA) is 49.3 Å². The Balaban J connectivity index is 1.45. The van der Waals surface area contributed by atoms with Gasteiger partial charge in [0.15, 0.2) is 0 Å². The first-order chi connectivity index (χ1) is 16.4. The highest BCUT2D eigenvalue weighted by molar-refractivity contribution is 6.36.